The van der Waals surface area contributed by atoms with Gasteiger partial charge in [0.15, 0.2) is 0 Å². The van der Waals surface area contributed by atoms with Gasteiger partial charge in [-0.25, -0.2) is 4.79 Å². The molecular formula is C13H24N2O2. The van der Waals surface area contributed by atoms with Crippen molar-refractivity contribution in [2.75, 3.05) is 6.54 Å². The maximum absolute atomic E-state index is 11.5. The van der Waals surface area contributed by atoms with Crippen LogP contribution in [-0.2, 0) is 4.74 Å². The summed E-state index contributed by atoms with van der Waals surface area (Å²) in [6, 6.07) is 1.14. The zero-order chi connectivity index (χ0) is 12.5. The highest BCUT2D eigenvalue weighted by molar-refractivity contribution is 5.67. The Morgan fingerprint density at radius 2 is 1.94 bits per heavy atom. The van der Waals surface area contributed by atoms with Gasteiger partial charge in [-0.15, -0.1) is 0 Å². The smallest absolute Gasteiger partial charge is 0.407 e. The van der Waals surface area contributed by atoms with Crippen molar-refractivity contribution in [2.24, 2.45) is 5.92 Å². The number of amides is 1. The van der Waals surface area contributed by atoms with Crippen molar-refractivity contribution in [3.63, 3.8) is 0 Å². The Hall–Kier alpha value is -0.770. The van der Waals surface area contributed by atoms with Crippen LogP contribution in [0.4, 0.5) is 4.79 Å². The molecule has 2 N–H and O–H groups in total. The van der Waals surface area contributed by atoms with Crippen LogP contribution in [0.1, 0.15) is 46.5 Å². The number of rotatable bonds is 5. The zero-order valence-electron chi connectivity index (χ0n) is 11.1. The third-order valence-electron chi connectivity index (χ3n) is 3.08. The number of alkyl carbamates (subject to hydrolysis) is 1. The lowest BCUT2D eigenvalue weighted by atomic mass is 10.2. The normalized spacial score (nSPS) is 22.1. The molecular weight excluding hydrogens is 216 g/mol. The van der Waals surface area contributed by atoms with Gasteiger partial charge in [-0.1, -0.05) is 0 Å². The molecule has 0 aromatic rings. The molecule has 0 heterocycles. The fourth-order valence-electron chi connectivity index (χ4n) is 1.92. The molecule has 0 spiro atoms. The highest BCUT2D eigenvalue weighted by Crippen LogP contribution is 2.34. The molecule has 0 aliphatic heterocycles. The Kier molecular flexibility index (Phi) is 3.61. The summed E-state index contributed by atoms with van der Waals surface area (Å²) in [6.07, 6.45) is 4.85. The zero-order valence-corrected chi connectivity index (χ0v) is 11.1. The molecule has 2 rings (SSSR count). The first-order valence-electron chi connectivity index (χ1n) is 6.67. The van der Waals surface area contributed by atoms with Gasteiger partial charge in [0.05, 0.1) is 0 Å². The Morgan fingerprint density at radius 1 is 1.29 bits per heavy atom. The van der Waals surface area contributed by atoms with Crippen molar-refractivity contribution in [3.05, 3.63) is 0 Å². The van der Waals surface area contributed by atoms with Gasteiger partial charge in [-0.2, -0.15) is 0 Å². The summed E-state index contributed by atoms with van der Waals surface area (Å²) in [5, 5.41) is 6.47. The number of ether oxygens (including phenoxy) is 1. The van der Waals surface area contributed by atoms with E-state index in [-0.39, 0.29) is 6.09 Å². The van der Waals surface area contributed by atoms with Gasteiger partial charge in [0.2, 0.25) is 0 Å². The largest absolute Gasteiger partial charge is 0.444 e. The molecule has 1 amide bonds. The molecule has 2 saturated carbocycles. The van der Waals surface area contributed by atoms with E-state index in [4.69, 9.17) is 4.74 Å². The Labute approximate surface area is 103 Å². The number of carbonyl (C=O) groups excluding carboxylic acids is 1. The molecule has 98 valence electrons. The number of nitrogens with one attached hydrogen (secondary N) is 2. The van der Waals surface area contributed by atoms with Gasteiger partial charge in [0.25, 0.3) is 0 Å². The standard InChI is InChI=1S/C13H24N2O2/c1-13(2,3)17-12(16)14-8-11(9-4-5-9)15-10-6-7-10/h9-11,15H,4-8H2,1-3H3,(H,14,16). The van der Waals surface area contributed by atoms with Gasteiger partial charge < -0.3 is 15.4 Å². The van der Waals surface area contributed by atoms with Crippen molar-refractivity contribution in [1.82, 2.24) is 10.6 Å². The van der Waals surface area contributed by atoms with E-state index in [0.717, 1.165) is 5.92 Å². The minimum absolute atomic E-state index is 0.305. The molecule has 1 atom stereocenters. The lowest BCUT2D eigenvalue weighted by molar-refractivity contribution is 0.0521. The maximum atomic E-state index is 11.5. The van der Waals surface area contributed by atoms with Gasteiger partial charge in [0, 0.05) is 18.6 Å². The molecule has 0 aromatic heterocycles. The summed E-state index contributed by atoms with van der Waals surface area (Å²) in [5.74, 6) is 0.755. The van der Waals surface area contributed by atoms with Crippen LogP contribution in [0.5, 0.6) is 0 Å². The summed E-state index contributed by atoms with van der Waals surface area (Å²) in [6.45, 7) is 6.34. The first-order valence-corrected chi connectivity index (χ1v) is 6.67. The number of hydrogen-bond donors (Lipinski definition) is 2. The Balaban J connectivity index is 1.69. The summed E-state index contributed by atoms with van der Waals surface area (Å²) in [4.78, 5) is 11.5. The van der Waals surface area contributed by atoms with Gasteiger partial charge in [0.1, 0.15) is 5.60 Å². The molecule has 0 bridgehead atoms. The van der Waals surface area contributed by atoms with E-state index < -0.39 is 5.60 Å². The molecule has 2 aliphatic rings. The van der Waals surface area contributed by atoms with E-state index in [1.165, 1.54) is 25.7 Å². The second-order valence-electron chi connectivity index (χ2n) is 6.27. The van der Waals surface area contributed by atoms with E-state index in [0.29, 0.717) is 18.6 Å². The average Bonchev–Trinajstić information content (AvgIpc) is 3.00. The van der Waals surface area contributed by atoms with Crippen molar-refractivity contribution >= 4 is 6.09 Å². The van der Waals surface area contributed by atoms with Crippen LogP contribution in [0.25, 0.3) is 0 Å². The second-order valence-corrected chi connectivity index (χ2v) is 6.27. The first kappa shape index (κ1) is 12.7. The molecule has 2 fully saturated rings. The number of hydrogen-bond acceptors (Lipinski definition) is 3. The van der Waals surface area contributed by atoms with Crippen LogP contribution in [0, 0.1) is 5.92 Å². The molecule has 2 aliphatic carbocycles. The van der Waals surface area contributed by atoms with Crippen LogP contribution in [0.3, 0.4) is 0 Å². The Morgan fingerprint density at radius 3 is 2.41 bits per heavy atom. The molecule has 0 aromatic carbocycles. The van der Waals surface area contributed by atoms with E-state index in [9.17, 15) is 4.79 Å². The van der Waals surface area contributed by atoms with Crippen LogP contribution in [-0.4, -0.2) is 30.3 Å². The Bertz CT molecular complexity index is 278. The summed E-state index contributed by atoms with van der Waals surface area (Å²) in [7, 11) is 0. The SMILES string of the molecule is CC(C)(C)OC(=O)NCC(NC1CC1)C1CC1. The maximum Gasteiger partial charge on any atom is 0.407 e. The monoisotopic (exact) mass is 240 g/mol. The second kappa shape index (κ2) is 4.84. The van der Waals surface area contributed by atoms with E-state index in [2.05, 4.69) is 10.6 Å². The van der Waals surface area contributed by atoms with Crippen LogP contribution in [0.2, 0.25) is 0 Å². The molecule has 1 unspecified atom stereocenters. The first-order chi connectivity index (χ1) is 7.94. The van der Waals surface area contributed by atoms with Crippen LogP contribution < -0.4 is 10.6 Å². The van der Waals surface area contributed by atoms with Crippen molar-refractivity contribution in [1.29, 1.82) is 0 Å². The fourth-order valence-corrected chi connectivity index (χ4v) is 1.92. The predicted molar refractivity (Wildman–Crippen MR) is 66.9 cm³/mol. The molecule has 4 heteroatoms. The lowest BCUT2D eigenvalue weighted by Crippen LogP contribution is -2.44. The minimum Gasteiger partial charge on any atom is -0.444 e. The highest BCUT2D eigenvalue weighted by Gasteiger charge is 2.35. The highest BCUT2D eigenvalue weighted by atomic mass is 16.6. The summed E-state index contributed by atoms with van der Waals surface area (Å²) in [5.41, 5.74) is -0.414. The van der Waals surface area contributed by atoms with Gasteiger partial charge in [-0.3, -0.25) is 0 Å². The van der Waals surface area contributed by atoms with Gasteiger partial charge in [-0.05, 0) is 52.4 Å². The van der Waals surface area contributed by atoms with Crippen molar-refractivity contribution in [2.45, 2.75) is 64.1 Å². The quantitative estimate of drug-likeness (QED) is 0.773. The molecule has 0 radical (unpaired) electrons. The molecule has 4 nitrogen and oxygen atoms in total. The van der Waals surface area contributed by atoms with Crippen LogP contribution >= 0.6 is 0 Å². The molecule has 17 heavy (non-hydrogen) atoms. The van der Waals surface area contributed by atoms with E-state index >= 15 is 0 Å². The average molecular weight is 240 g/mol. The van der Waals surface area contributed by atoms with E-state index in [1.807, 2.05) is 20.8 Å². The summed E-state index contributed by atoms with van der Waals surface area (Å²) >= 11 is 0. The predicted octanol–water partition coefficient (Wildman–Crippen LogP) is 2.04. The van der Waals surface area contributed by atoms with Crippen LogP contribution in [0.15, 0.2) is 0 Å². The topological polar surface area (TPSA) is 50.4 Å². The lowest BCUT2D eigenvalue weighted by Gasteiger charge is -2.22. The van der Waals surface area contributed by atoms with Crippen molar-refractivity contribution in [3.8, 4) is 0 Å². The third kappa shape index (κ3) is 4.94. The number of carbonyl (C=O) groups is 1. The fraction of sp³-hybridized carbons (Fsp3) is 0.923. The molecule has 0 saturated heterocycles. The van der Waals surface area contributed by atoms with E-state index in [1.54, 1.807) is 0 Å². The third-order valence-corrected chi connectivity index (χ3v) is 3.08. The van der Waals surface area contributed by atoms with Crippen molar-refractivity contribution < 1.29 is 9.53 Å². The summed E-state index contributed by atoms with van der Waals surface area (Å²) < 4.78 is 5.23. The minimum atomic E-state index is -0.414. The van der Waals surface area contributed by atoms with Gasteiger partial charge >= 0.3 is 6.09 Å².